The van der Waals surface area contributed by atoms with E-state index in [1.807, 2.05) is 13.8 Å². The van der Waals surface area contributed by atoms with E-state index in [0.29, 0.717) is 32.1 Å². The number of nitrogens with one attached hydrogen (secondary N) is 1. The Balaban J connectivity index is 3.87. The third-order valence-corrected chi connectivity index (χ3v) is 4.23. The van der Waals surface area contributed by atoms with E-state index < -0.39 is 5.97 Å². The molecule has 0 spiro atoms. The molecule has 0 radical (unpaired) electrons. The van der Waals surface area contributed by atoms with Crippen LogP contribution in [0.4, 0.5) is 0 Å². The van der Waals surface area contributed by atoms with E-state index in [4.69, 9.17) is 14.6 Å². The normalized spacial score (nSPS) is 12.4. The van der Waals surface area contributed by atoms with Crippen LogP contribution in [-0.2, 0) is 19.1 Å². The van der Waals surface area contributed by atoms with Crippen LogP contribution in [-0.4, -0.2) is 47.9 Å². The zero-order valence-corrected chi connectivity index (χ0v) is 17.5. The van der Waals surface area contributed by atoms with Gasteiger partial charge in [0.05, 0.1) is 24.4 Å². The molecule has 0 bridgehead atoms. The van der Waals surface area contributed by atoms with E-state index in [1.165, 1.54) is 0 Å². The molecule has 0 heterocycles. The average molecular weight is 374 g/mol. The van der Waals surface area contributed by atoms with Gasteiger partial charge in [0.2, 0.25) is 5.91 Å². The SMILES string of the molecule is CC(C)CCC(C)(C)OCCC(C)(C)OCCNC(=O)CCCC(=O)O. The molecular weight excluding hydrogens is 334 g/mol. The third-order valence-electron chi connectivity index (χ3n) is 4.23. The zero-order valence-electron chi connectivity index (χ0n) is 17.5. The molecule has 6 nitrogen and oxygen atoms in total. The Labute approximate surface area is 159 Å². The van der Waals surface area contributed by atoms with Crippen molar-refractivity contribution in [3.63, 3.8) is 0 Å². The van der Waals surface area contributed by atoms with Crippen LogP contribution in [0.2, 0.25) is 0 Å². The summed E-state index contributed by atoms with van der Waals surface area (Å²) in [6.45, 7) is 14.2. The molecule has 26 heavy (non-hydrogen) atoms. The molecular formula is C20H39NO5. The van der Waals surface area contributed by atoms with E-state index in [1.54, 1.807) is 0 Å². The van der Waals surface area contributed by atoms with Crippen molar-refractivity contribution in [2.45, 2.75) is 91.3 Å². The number of carboxylic acids is 1. The molecule has 0 atom stereocenters. The first-order chi connectivity index (χ1) is 11.9. The fourth-order valence-corrected chi connectivity index (χ4v) is 2.36. The van der Waals surface area contributed by atoms with Gasteiger partial charge in [-0.3, -0.25) is 9.59 Å². The molecule has 0 saturated carbocycles. The minimum Gasteiger partial charge on any atom is -0.481 e. The van der Waals surface area contributed by atoms with Crippen LogP contribution < -0.4 is 5.32 Å². The first kappa shape index (κ1) is 24.9. The maximum Gasteiger partial charge on any atom is 0.303 e. The van der Waals surface area contributed by atoms with Gasteiger partial charge in [0, 0.05) is 19.4 Å². The highest BCUT2D eigenvalue weighted by Crippen LogP contribution is 2.22. The summed E-state index contributed by atoms with van der Waals surface area (Å²) < 4.78 is 11.9. The number of hydrogen-bond donors (Lipinski definition) is 2. The highest BCUT2D eigenvalue weighted by atomic mass is 16.5. The summed E-state index contributed by atoms with van der Waals surface area (Å²) in [5, 5.41) is 11.3. The fourth-order valence-electron chi connectivity index (χ4n) is 2.36. The molecule has 2 N–H and O–H groups in total. The van der Waals surface area contributed by atoms with Crippen molar-refractivity contribution < 1.29 is 24.2 Å². The van der Waals surface area contributed by atoms with Crippen molar-refractivity contribution in [2.24, 2.45) is 5.92 Å². The van der Waals surface area contributed by atoms with Gasteiger partial charge in [0.25, 0.3) is 0 Å². The molecule has 0 unspecified atom stereocenters. The summed E-state index contributed by atoms with van der Waals surface area (Å²) >= 11 is 0. The van der Waals surface area contributed by atoms with Gasteiger partial charge in [-0.1, -0.05) is 13.8 Å². The average Bonchev–Trinajstić information content (AvgIpc) is 2.49. The summed E-state index contributed by atoms with van der Waals surface area (Å²) in [5.41, 5.74) is -0.438. The van der Waals surface area contributed by atoms with Crippen molar-refractivity contribution in [2.75, 3.05) is 19.8 Å². The summed E-state index contributed by atoms with van der Waals surface area (Å²) in [6, 6.07) is 0. The molecule has 0 aliphatic rings. The molecule has 0 aromatic rings. The molecule has 1 amide bonds. The number of carboxylic acid groups (broad SMARTS) is 1. The molecule has 0 aromatic carbocycles. The van der Waals surface area contributed by atoms with Crippen LogP contribution in [0.15, 0.2) is 0 Å². The number of hydrogen-bond acceptors (Lipinski definition) is 4. The molecule has 0 saturated heterocycles. The number of aliphatic carboxylic acids is 1. The van der Waals surface area contributed by atoms with Crippen molar-refractivity contribution in [1.82, 2.24) is 5.32 Å². The Kier molecular flexibility index (Phi) is 11.7. The quantitative estimate of drug-likeness (QED) is 0.427. The van der Waals surface area contributed by atoms with Gasteiger partial charge in [0.1, 0.15) is 0 Å². The van der Waals surface area contributed by atoms with Crippen molar-refractivity contribution in [1.29, 1.82) is 0 Å². The highest BCUT2D eigenvalue weighted by molar-refractivity contribution is 5.76. The van der Waals surface area contributed by atoms with Crippen molar-refractivity contribution in [3.8, 4) is 0 Å². The molecule has 6 heteroatoms. The Morgan fingerprint density at radius 1 is 0.962 bits per heavy atom. The topological polar surface area (TPSA) is 84.9 Å². The Bertz CT molecular complexity index is 418. The van der Waals surface area contributed by atoms with Gasteiger partial charge >= 0.3 is 5.97 Å². The first-order valence-corrected chi connectivity index (χ1v) is 9.70. The van der Waals surface area contributed by atoms with E-state index in [-0.39, 0.29) is 30.0 Å². The zero-order chi connectivity index (χ0) is 20.2. The number of ether oxygens (including phenoxy) is 2. The maximum absolute atomic E-state index is 11.6. The second kappa shape index (κ2) is 12.3. The molecule has 0 aromatic heterocycles. The number of amides is 1. The second-order valence-corrected chi connectivity index (χ2v) is 8.50. The predicted octanol–water partition coefficient (Wildman–Crippen LogP) is 3.77. The Hall–Kier alpha value is -1.14. The fraction of sp³-hybridized carbons (Fsp3) is 0.900. The van der Waals surface area contributed by atoms with E-state index in [2.05, 4.69) is 33.0 Å². The molecule has 0 fully saturated rings. The van der Waals surface area contributed by atoms with Crippen molar-refractivity contribution >= 4 is 11.9 Å². The lowest BCUT2D eigenvalue weighted by molar-refractivity contribution is -0.137. The minimum absolute atomic E-state index is 0.0183. The Morgan fingerprint density at radius 3 is 2.12 bits per heavy atom. The number of rotatable bonds is 15. The highest BCUT2D eigenvalue weighted by Gasteiger charge is 2.22. The minimum atomic E-state index is -0.877. The van der Waals surface area contributed by atoms with Gasteiger partial charge in [-0.25, -0.2) is 0 Å². The molecule has 0 aliphatic heterocycles. The van der Waals surface area contributed by atoms with Gasteiger partial charge < -0.3 is 19.9 Å². The monoisotopic (exact) mass is 373 g/mol. The largest absolute Gasteiger partial charge is 0.481 e. The molecule has 0 aliphatic carbocycles. The van der Waals surface area contributed by atoms with Crippen LogP contribution in [0.5, 0.6) is 0 Å². The number of carbonyl (C=O) groups excluding carboxylic acids is 1. The van der Waals surface area contributed by atoms with Gasteiger partial charge in [-0.2, -0.15) is 0 Å². The smallest absolute Gasteiger partial charge is 0.303 e. The van der Waals surface area contributed by atoms with E-state index >= 15 is 0 Å². The summed E-state index contributed by atoms with van der Waals surface area (Å²) in [4.78, 5) is 22.0. The third kappa shape index (κ3) is 15.1. The lowest BCUT2D eigenvalue weighted by Gasteiger charge is -2.30. The maximum atomic E-state index is 11.6. The van der Waals surface area contributed by atoms with Crippen LogP contribution in [0.1, 0.15) is 80.1 Å². The first-order valence-electron chi connectivity index (χ1n) is 9.70. The Morgan fingerprint density at radius 2 is 1.54 bits per heavy atom. The van der Waals surface area contributed by atoms with Crippen LogP contribution >= 0.6 is 0 Å². The van der Waals surface area contributed by atoms with Gasteiger partial charge in [-0.05, 0) is 59.3 Å². The number of carbonyl (C=O) groups is 2. The van der Waals surface area contributed by atoms with Crippen LogP contribution in [0.3, 0.4) is 0 Å². The summed E-state index contributed by atoms with van der Waals surface area (Å²) in [6.07, 6.45) is 3.58. The molecule has 0 rings (SSSR count). The lowest BCUT2D eigenvalue weighted by atomic mass is 9.96. The van der Waals surface area contributed by atoms with Gasteiger partial charge in [-0.15, -0.1) is 0 Å². The van der Waals surface area contributed by atoms with E-state index in [9.17, 15) is 9.59 Å². The van der Waals surface area contributed by atoms with Crippen molar-refractivity contribution in [3.05, 3.63) is 0 Å². The molecule has 154 valence electrons. The predicted molar refractivity (Wildman–Crippen MR) is 103 cm³/mol. The van der Waals surface area contributed by atoms with Crippen LogP contribution in [0.25, 0.3) is 0 Å². The summed E-state index contributed by atoms with van der Waals surface area (Å²) in [5.74, 6) is -0.336. The lowest BCUT2D eigenvalue weighted by Crippen LogP contribution is -2.34. The van der Waals surface area contributed by atoms with Crippen LogP contribution in [0, 0.1) is 5.92 Å². The standard InChI is InChI=1S/C20H39NO5/c1-16(2)10-11-19(3,4)25-14-12-20(5,6)26-15-13-21-17(22)8-7-9-18(23)24/h16H,7-15H2,1-6H3,(H,21,22)(H,23,24). The summed E-state index contributed by atoms with van der Waals surface area (Å²) in [7, 11) is 0. The second-order valence-electron chi connectivity index (χ2n) is 8.50. The van der Waals surface area contributed by atoms with Gasteiger partial charge in [0.15, 0.2) is 0 Å². The van der Waals surface area contributed by atoms with E-state index in [0.717, 1.165) is 19.3 Å².